The standard InChI is InChI=1S/C13H18O4/c1-4-16-12(15)10-5-8-9(14)6-13(2,3)7-11(8)17-10/h10H,4-7H2,1-3H3. The lowest BCUT2D eigenvalue weighted by Crippen LogP contribution is -2.24. The number of carbonyl (C=O) groups excluding carboxylic acids is 2. The van der Waals surface area contributed by atoms with Gasteiger partial charge < -0.3 is 9.47 Å². The van der Waals surface area contributed by atoms with Crippen LogP contribution in [0.1, 0.15) is 40.0 Å². The number of esters is 1. The van der Waals surface area contributed by atoms with Crippen LogP contribution in [0.25, 0.3) is 0 Å². The molecule has 17 heavy (non-hydrogen) atoms. The van der Waals surface area contributed by atoms with E-state index in [0.29, 0.717) is 30.8 Å². The van der Waals surface area contributed by atoms with Crippen LogP contribution in [0.3, 0.4) is 0 Å². The molecule has 0 amide bonds. The van der Waals surface area contributed by atoms with Crippen molar-refractivity contribution in [3.8, 4) is 0 Å². The summed E-state index contributed by atoms with van der Waals surface area (Å²) in [5.41, 5.74) is 0.627. The summed E-state index contributed by atoms with van der Waals surface area (Å²) in [4.78, 5) is 23.5. The number of ketones is 1. The average Bonchev–Trinajstić information content (AvgIpc) is 2.60. The van der Waals surface area contributed by atoms with Gasteiger partial charge in [-0.2, -0.15) is 0 Å². The van der Waals surface area contributed by atoms with Gasteiger partial charge in [-0.3, -0.25) is 4.79 Å². The van der Waals surface area contributed by atoms with Crippen LogP contribution in [-0.4, -0.2) is 24.5 Å². The molecule has 0 aromatic rings. The van der Waals surface area contributed by atoms with Gasteiger partial charge in [0.2, 0.25) is 0 Å². The first-order valence-corrected chi connectivity index (χ1v) is 6.01. The zero-order chi connectivity index (χ0) is 12.6. The molecular weight excluding hydrogens is 220 g/mol. The zero-order valence-corrected chi connectivity index (χ0v) is 10.5. The molecule has 94 valence electrons. The van der Waals surface area contributed by atoms with Crippen molar-refractivity contribution >= 4 is 11.8 Å². The maximum absolute atomic E-state index is 11.9. The number of Topliss-reactive ketones (excluding diaryl/α,β-unsaturated/α-hetero) is 1. The van der Waals surface area contributed by atoms with E-state index in [-0.39, 0.29) is 17.2 Å². The third kappa shape index (κ3) is 2.35. The van der Waals surface area contributed by atoms with Gasteiger partial charge in [0, 0.05) is 24.8 Å². The third-order valence-electron chi connectivity index (χ3n) is 3.17. The summed E-state index contributed by atoms with van der Waals surface area (Å²) in [6, 6.07) is 0. The van der Waals surface area contributed by atoms with Crippen molar-refractivity contribution in [2.45, 2.75) is 46.1 Å². The molecule has 0 aromatic carbocycles. The molecular formula is C13H18O4. The molecule has 1 aliphatic heterocycles. The van der Waals surface area contributed by atoms with Crippen LogP contribution in [0.4, 0.5) is 0 Å². The predicted octanol–water partition coefficient (Wildman–Crippen LogP) is 1.98. The van der Waals surface area contributed by atoms with Crippen LogP contribution in [0.15, 0.2) is 11.3 Å². The van der Waals surface area contributed by atoms with Gasteiger partial charge in [-0.15, -0.1) is 0 Å². The molecule has 4 nitrogen and oxygen atoms in total. The maximum Gasteiger partial charge on any atom is 0.347 e. The first kappa shape index (κ1) is 12.1. The van der Waals surface area contributed by atoms with E-state index in [1.165, 1.54) is 0 Å². The summed E-state index contributed by atoms with van der Waals surface area (Å²) in [5.74, 6) is 0.444. The second-order valence-electron chi connectivity index (χ2n) is 5.41. The fourth-order valence-electron chi connectivity index (χ4n) is 2.41. The molecule has 0 saturated carbocycles. The second kappa shape index (κ2) is 4.17. The van der Waals surface area contributed by atoms with E-state index in [1.807, 2.05) is 13.8 Å². The minimum Gasteiger partial charge on any atom is -0.482 e. The summed E-state index contributed by atoms with van der Waals surface area (Å²) >= 11 is 0. The topological polar surface area (TPSA) is 52.6 Å². The van der Waals surface area contributed by atoms with Gasteiger partial charge in [-0.25, -0.2) is 4.79 Å². The van der Waals surface area contributed by atoms with E-state index < -0.39 is 6.10 Å². The van der Waals surface area contributed by atoms with Gasteiger partial charge in [0.15, 0.2) is 11.9 Å². The number of rotatable bonds is 2. The van der Waals surface area contributed by atoms with E-state index in [4.69, 9.17) is 9.47 Å². The van der Waals surface area contributed by atoms with E-state index in [0.717, 1.165) is 6.42 Å². The largest absolute Gasteiger partial charge is 0.482 e. The predicted molar refractivity (Wildman–Crippen MR) is 61.2 cm³/mol. The van der Waals surface area contributed by atoms with Gasteiger partial charge in [0.25, 0.3) is 0 Å². The molecule has 2 rings (SSSR count). The molecule has 1 aliphatic carbocycles. The number of hydrogen-bond acceptors (Lipinski definition) is 4. The number of hydrogen-bond donors (Lipinski definition) is 0. The fraction of sp³-hybridized carbons (Fsp3) is 0.692. The Balaban J connectivity index is 2.10. The highest BCUT2D eigenvalue weighted by atomic mass is 16.6. The zero-order valence-electron chi connectivity index (χ0n) is 10.5. The molecule has 0 fully saturated rings. The SMILES string of the molecule is CCOC(=O)C1CC2=C(CC(C)(C)CC2=O)O1. The second-order valence-corrected chi connectivity index (χ2v) is 5.41. The molecule has 1 atom stereocenters. The molecule has 0 spiro atoms. The normalized spacial score (nSPS) is 26.5. The van der Waals surface area contributed by atoms with Crippen molar-refractivity contribution < 1.29 is 19.1 Å². The van der Waals surface area contributed by atoms with Crippen molar-refractivity contribution in [1.82, 2.24) is 0 Å². The minimum absolute atomic E-state index is 0.0700. The van der Waals surface area contributed by atoms with E-state index in [9.17, 15) is 9.59 Å². The summed E-state index contributed by atoms with van der Waals surface area (Å²) in [5, 5.41) is 0. The monoisotopic (exact) mass is 238 g/mol. The number of carbonyl (C=O) groups is 2. The van der Waals surface area contributed by atoms with Crippen LogP contribution in [-0.2, 0) is 19.1 Å². The lowest BCUT2D eigenvalue weighted by atomic mass is 9.76. The van der Waals surface area contributed by atoms with E-state index in [2.05, 4.69) is 0 Å². The Morgan fingerprint density at radius 3 is 2.82 bits per heavy atom. The summed E-state index contributed by atoms with van der Waals surface area (Å²) < 4.78 is 10.5. The van der Waals surface area contributed by atoms with Crippen LogP contribution in [0, 0.1) is 5.41 Å². The highest BCUT2D eigenvalue weighted by Crippen LogP contribution is 2.42. The highest BCUT2D eigenvalue weighted by Gasteiger charge is 2.42. The Kier molecular flexibility index (Phi) is 2.98. The van der Waals surface area contributed by atoms with Gasteiger partial charge >= 0.3 is 5.97 Å². The number of ether oxygens (including phenoxy) is 2. The molecule has 0 N–H and O–H groups in total. The van der Waals surface area contributed by atoms with Gasteiger partial charge in [-0.05, 0) is 12.3 Å². The Morgan fingerprint density at radius 2 is 2.18 bits per heavy atom. The lowest BCUT2D eigenvalue weighted by Gasteiger charge is -2.28. The summed E-state index contributed by atoms with van der Waals surface area (Å²) in [6.45, 7) is 6.17. The van der Waals surface area contributed by atoms with Crippen LogP contribution in [0.2, 0.25) is 0 Å². The smallest absolute Gasteiger partial charge is 0.347 e. The van der Waals surface area contributed by atoms with E-state index in [1.54, 1.807) is 6.92 Å². The molecule has 2 aliphatic rings. The van der Waals surface area contributed by atoms with Crippen molar-refractivity contribution in [3.05, 3.63) is 11.3 Å². The molecule has 1 heterocycles. The molecule has 0 saturated heterocycles. The summed E-state index contributed by atoms with van der Waals surface area (Å²) in [6.07, 6.45) is 1.02. The van der Waals surface area contributed by atoms with Crippen LogP contribution in [0.5, 0.6) is 0 Å². The lowest BCUT2D eigenvalue weighted by molar-refractivity contribution is -0.153. The van der Waals surface area contributed by atoms with Crippen molar-refractivity contribution in [1.29, 1.82) is 0 Å². The van der Waals surface area contributed by atoms with Gasteiger partial charge in [0.1, 0.15) is 5.76 Å². The van der Waals surface area contributed by atoms with Crippen molar-refractivity contribution in [2.75, 3.05) is 6.61 Å². The molecule has 4 heteroatoms. The van der Waals surface area contributed by atoms with Gasteiger partial charge in [0.05, 0.1) is 6.61 Å². The van der Waals surface area contributed by atoms with E-state index >= 15 is 0 Å². The molecule has 0 bridgehead atoms. The molecule has 0 aromatic heterocycles. The van der Waals surface area contributed by atoms with Crippen molar-refractivity contribution in [2.24, 2.45) is 5.41 Å². The first-order chi connectivity index (χ1) is 7.93. The quantitative estimate of drug-likeness (QED) is 0.690. The van der Waals surface area contributed by atoms with Crippen molar-refractivity contribution in [3.63, 3.8) is 0 Å². The fourth-order valence-corrected chi connectivity index (χ4v) is 2.41. The highest BCUT2D eigenvalue weighted by molar-refractivity contribution is 5.98. The third-order valence-corrected chi connectivity index (χ3v) is 3.17. The maximum atomic E-state index is 11.9. The van der Waals surface area contributed by atoms with Crippen LogP contribution < -0.4 is 0 Å². The Morgan fingerprint density at radius 1 is 1.47 bits per heavy atom. The Bertz CT molecular complexity index is 392. The average molecular weight is 238 g/mol. The number of allylic oxidation sites excluding steroid dienone is 1. The van der Waals surface area contributed by atoms with Crippen LogP contribution >= 0.6 is 0 Å². The Hall–Kier alpha value is -1.32. The molecule has 0 radical (unpaired) electrons. The first-order valence-electron chi connectivity index (χ1n) is 6.01. The molecule has 1 unspecified atom stereocenters. The van der Waals surface area contributed by atoms with Gasteiger partial charge in [-0.1, -0.05) is 13.8 Å². The summed E-state index contributed by atoms with van der Waals surface area (Å²) in [7, 11) is 0. The Labute approximate surface area is 101 Å². The minimum atomic E-state index is -0.613.